The summed E-state index contributed by atoms with van der Waals surface area (Å²) in [5, 5.41) is 5.66. The Morgan fingerprint density at radius 3 is 1.76 bits per heavy atom. The van der Waals surface area contributed by atoms with Gasteiger partial charge in [0.2, 0.25) is 0 Å². The molecule has 0 unspecified atom stereocenters. The number of carbonyl (C=O) groups is 2. The number of rotatable bonds is 5. The van der Waals surface area contributed by atoms with E-state index in [4.69, 9.17) is 5.73 Å². The normalized spacial score (nSPS) is 11.8. The lowest BCUT2D eigenvalue weighted by Gasteiger charge is -2.26. The van der Waals surface area contributed by atoms with Crippen LogP contribution in [0.5, 0.6) is 0 Å². The van der Waals surface area contributed by atoms with Crippen molar-refractivity contribution in [3.8, 4) is 0 Å². The summed E-state index contributed by atoms with van der Waals surface area (Å²) in [5.41, 5.74) is 9.34. The van der Waals surface area contributed by atoms with Crippen molar-refractivity contribution in [2.45, 2.75) is 52.4 Å². The summed E-state index contributed by atoms with van der Waals surface area (Å²) >= 11 is 0. The van der Waals surface area contributed by atoms with Gasteiger partial charge in [0.1, 0.15) is 0 Å². The zero-order valence-corrected chi connectivity index (χ0v) is 18.3. The van der Waals surface area contributed by atoms with Gasteiger partial charge in [0.15, 0.2) is 0 Å². The molecule has 0 atom stereocenters. The summed E-state index contributed by atoms with van der Waals surface area (Å²) in [6.45, 7) is 13.7. The lowest BCUT2D eigenvalue weighted by atomic mass is 9.79. The Kier molecular flexibility index (Phi) is 6.85. The highest BCUT2D eigenvalue weighted by molar-refractivity contribution is 6.05. The van der Waals surface area contributed by atoms with Gasteiger partial charge in [0, 0.05) is 29.9 Å². The Hall–Kier alpha value is -2.66. The lowest BCUT2D eigenvalue weighted by Crippen LogP contribution is -2.28. The maximum Gasteiger partial charge on any atom is 0.255 e. The van der Waals surface area contributed by atoms with Gasteiger partial charge in [-0.2, -0.15) is 0 Å². The average Bonchev–Trinajstić information content (AvgIpc) is 2.65. The first-order valence-electron chi connectivity index (χ1n) is 9.97. The molecular formula is C24H33N3O2. The fourth-order valence-electron chi connectivity index (χ4n) is 2.82. The Morgan fingerprint density at radius 1 is 0.793 bits per heavy atom. The highest BCUT2D eigenvalue weighted by Crippen LogP contribution is 2.30. The van der Waals surface area contributed by atoms with Crippen LogP contribution in [0.3, 0.4) is 0 Å². The van der Waals surface area contributed by atoms with Crippen LogP contribution in [0, 0.1) is 0 Å². The third-order valence-corrected chi connectivity index (χ3v) is 4.76. The van der Waals surface area contributed by atoms with Gasteiger partial charge in [-0.15, -0.1) is 0 Å². The number of carbonyl (C=O) groups excluding carboxylic acids is 2. The highest BCUT2D eigenvalue weighted by Gasteiger charge is 2.22. The van der Waals surface area contributed by atoms with E-state index in [1.165, 1.54) is 0 Å². The second-order valence-corrected chi connectivity index (χ2v) is 9.38. The number of nitrogens with one attached hydrogen (secondary N) is 2. The summed E-state index contributed by atoms with van der Waals surface area (Å²) in [5.74, 6) is -0.344. The Balaban J connectivity index is 2.25. The number of hydrogen-bond acceptors (Lipinski definition) is 3. The minimum Gasteiger partial charge on any atom is -0.351 e. The summed E-state index contributed by atoms with van der Waals surface area (Å²) in [6.07, 6.45) is 0. The molecule has 0 spiro atoms. The molecule has 0 aliphatic carbocycles. The molecule has 0 heterocycles. The maximum atomic E-state index is 12.9. The maximum absolute atomic E-state index is 12.9. The summed E-state index contributed by atoms with van der Waals surface area (Å²) < 4.78 is 0. The van der Waals surface area contributed by atoms with Crippen LogP contribution < -0.4 is 16.4 Å². The molecule has 5 nitrogen and oxygen atoms in total. The van der Waals surface area contributed by atoms with E-state index >= 15 is 0 Å². The molecule has 0 radical (unpaired) electrons. The fourth-order valence-corrected chi connectivity index (χ4v) is 2.82. The van der Waals surface area contributed by atoms with Gasteiger partial charge in [-0.1, -0.05) is 47.6 Å². The van der Waals surface area contributed by atoms with Crippen LogP contribution in [0.1, 0.15) is 73.4 Å². The monoisotopic (exact) mass is 395 g/mol. The lowest BCUT2D eigenvalue weighted by molar-refractivity contribution is 0.0954. The molecule has 2 aromatic carbocycles. The predicted octanol–water partition coefficient (Wildman–Crippen LogP) is 4.22. The quantitative estimate of drug-likeness (QED) is 0.708. The van der Waals surface area contributed by atoms with E-state index in [0.717, 1.165) is 11.1 Å². The van der Waals surface area contributed by atoms with Gasteiger partial charge in [0.25, 0.3) is 11.8 Å². The van der Waals surface area contributed by atoms with E-state index in [-0.39, 0.29) is 22.6 Å². The molecule has 0 saturated heterocycles. The van der Waals surface area contributed by atoms with E-state index in [9.17, 15) is 9.59 Å². The van der Waals surface area contributed by atoms with Gasteiger partial charge in [-0.25, -0.2) is 0 Å². The Bertz CT molecular complexity index is 840. The van der Waals surface area contributed by atoms with Crippen molar-refractivity contribution in [1.29, 1.82) is 0 Å². The van der Waals surface area contributed by atoms with Crippen molar-refractivity contribution in [2.24, 2.45) is 5.73 Å². The van der Waals surface area contributed by atoms with Crippen molar-refractivity contribution in [3.63, 3.8) is 0 Å². The predicted molar refractivity (Wildman–Crippen MR) is 120 cm³/mol. The number of benzene rings is 2. The van der Waals surface area contributed by atoms with Crippen LogP contribution in [0.25, 0.3) is 0 Å². The largest absolute Gasteiger partial charge is 0.351 e. The molecule has 2 aromatic rings. The van der Waals surface area contributed by atoms with Crippen molar-refractivity contribution < 1.29 is 9.59 Å². The van der Waals surface area contributed by atoms with Crippen LogP contribution in [0.2, 0.25) is 0 Å². The number of hydrogen-bond donors (Lipinski definition) is 3. The van der Waals surface area contributed by atoms with E-state index in [1.54, 1.807) is 24.3 Å². The van der Waals surface area contributed by atoms with Crippen LogP contribution >= 0.6 is 0 Å². The zero-order valence-electron chi connectivity index (χ0n) is 18.3. The molecule has 5 heteroatoms. The first kappa shape index (κ1) is 22.6. The van der Waals surface area contributed by atoms with Crippen LogP contribution in [0.4, 0.5) is 5.69 Å². The second-order valence-electron chi connectivity index (χ2n) is 9.38. The first-order chi connectivity index (χ1) is 13.4. The van der Waals surface area contributed by atoms with E-state index in [1.807, 2.05) is 12.1 Å². The summed E-state index contributed by atoms with van der Waals surface area (Å²) in [7, 11) is 0. The van der Waals surface area contributed by atoms with Gasteiger partial charge in [-0.05, 0) is 58.4 Å². The van der Waals surface area contributed by atoms with Gasteiger partial charge in [-0.3, -0.25) is 9.59 Å². The Labute approximate surface area is 174 Å². The number of nitrogens with two attached hydrogens (primary N) is 1. The highest BCUT2D eigenvalue weighted by atomic mass is 16.2. The minimum atomic E-state index is -0.180. The van der Waals surface area contributed by atoms with Crippen molar-refractivity contribution >= 4 is 17.5 Å². The molecule has 4 N–H and O–H groups in total. The molecule has 0 aliphatic heterocycles. The standard InChI is InChI=1S/C24H33N3O2/c1-23(2,3)18-13-17(14-19(15-18)24(4,5)6)22(29)27-20-9-7-16(8-10-20)21(28)26-12-11-25/h7-10,13-15H,11-12,25H2,1-6H3,(H,26,28)(H,27,29). The minimum absolute atomic E-state index is 0.0607. The number of amides is 2. The van der Waals surface area contributed by atoms with E-state index < -0.39 is 0 Å². The van der Waals surface area contributed by atoms with Crippen LogP contribution in [-0.2, 0) is 10.8 Å². The molecule has 2 rings (SSSR count). The van der Waals surface area contributed by atoms with Gasteiger partial charge < -0.3 is 16.4 Å². The molecule has 0 aliphatic rings. The smallest absolute Gasteiger partial charge is 0.255 e. The average molecular weight is 396 g/mol. The van der Waals surface area contributed by atoms with Crippen molar-refractivity contribution in [1.82, 2.24) is 5.32 Å². The fraction of sp³-hybridized carbons (Fsp3) is 0.417. The summed E-state index contributed by atoms with van der Waals surface area (Å²) in [4.78, 5) is 24.9. The molecule has 0 fully saturated rings. The van der Waals surface area contributed by atoms with Crippen molar-refractivity contribution in [2.75, 3.05) is 18.4 Å². The molecule has 0 saturated carbocycles. The first-order valence-corrected chi connectivity index (χ1v) is 9.97. The molecule has 0 aromatic heterocycles. The van der Waals surface area contributed by atoms with Crippen LogP contribution in [0.15, 0.2) is 42.5 Å². The molecular weight excluding hydrogens is 362 g/mol. The summed E-state index contributed by atoms with van der Waals surface area (Å²) in [6, 6.07) is 12.9. The molecule has 0 bridgehead atoms. The van der Waals surface area contributed by atoms with Gasteiger partial charge in [0.05, 0.1) is 0 Å². The van der Waals surface area contributed by atoms with Crippen molar-refractivity contribution in [3.05, 3.63) is 64.7 Å². The molecule has 2 amide bonds. The molecule has 156 valence electrons. The van der Waals surface area contributed by atoms with Crippen LogP contribution in [-0.4, -0.2) is 24.9 Å². The third-order valence-electron chi connectivity index (χ3n) is 4.76. The van der Waals surface area contributed by atoms with E-state index in [2.05, 4.69) is 58.2 Å². The zero-order chi connectivity index (χ0) is 21.8. The van der Waals surface area contributed by atoms with E-state index in [0.29, 0.717) is 29.9 Å². The second kappa shape index (κ2) is 8.78. The Morgan fingerprint density at radius 2 is 1.31 bits per heavy atom. The topological polar surface area (TPSA) is 84.2 Å². The number of anilines is 1. The van der Waals surface area contributed by atoms with Gasteiger partial charge >= 0.3 is 0 Å². The molecule has 29 heavy (non-hydrogen) atoms. The SMILES string of the molecule is CC(C)(C)c1cc(C(=O)Nc2ccc(C(=O)NCCN)cc2)cc(C(C)(C)C)c1. The third kappa shape index (κ3) is 6.16.